The van der Waals surface area contributed by atoms with Crippen LogP contribution in [0.25, 0.3) is 0 Å². The molecule has 0 aromatic heterocycles. The third-order valence-electron chi connectivity index (χ3n) is 8.24. The number of fused-ring (bicyclic) bond motifs is 1. The van der Waals surface area contributed by atoms with Gasteiger partial charge in [-0.25, -0.2) is 0 Å². The molecule has 0 radical (unpaired) electrons. The van der Waals surface area contributed by atoms with E-state index in [-0.39, 0.29) is 21.8 Å². The molecule has 0 unspecified atom stereocenters. The number of hydrogen-bond donors (Lipinski definition) is 0. The lowest BCUT2D eigenvalue weighted by molar-refractivity contribution is -0.119. The standard InChI is InChI=1S/C23H46O3Si2/c1-12-13-23(26-28(10,11)22(5,6)7)16-17-14-18(24)15-19(17)20(23)25-27(8,9)21(2,3)4/h17,19-20H,12-16H2,1-11H3/t17-,19-,20+,23-/m0/s1. The minimum Gasteiger partial charge on any atom is -0.411 e. The predicted molar refractivity (Wildman–Crippen MR) is 124 cm³/mol. The van der Waals surface area contributed by atoms with Crippen LogP contribution < -0.4 is 0 Å². The molecule has 2 rings (SSSR count). The first-order chi connectivity index (χ1) is 12.5. The number of carbonyl (C=O) groups is 1. The fraction of sp³-hybridized carbons (Fsp3) is 0.957. The van der Waals surface area contributed by atoms with Gasteiger partial charge >= 0.3 is 0 Å². The number of carbonyl (C=O) groups excluding carboxylic acids is 1. The van der Waals surface area contributed by atoms with Crippen LogP contribution in [0.5, 0.6) is 0 Å². The molecule has 0 saturated heterocycles. The summed E-state index contributed by atoms with van der Waals surface area (Å²) in [6.45, 7) is 25.6. The van der Waals surface area contributed by atoms with Gasteiger partial charge in [0.2, 0.25) is 0 Å². The molecule has 164 valence electrons. The van der Waals surface area contributed by atoms with Gasteiger partial charge in [0.1, 0.15) is 5.78 Å². The van der Waals surface area contributed by atoms with Gasteiger partial charge in [0.15, 0.2) is 16.6 Å². The molecule has 2 fully saturated rings. The van der Waals surface area contributed by atoms with Crippen molar-refractivity contribution in [1.29, 1.82) is 0 Å². The Balaban J connectivity index is 2.47. The summed E-state index contributed by atoms with van der Waals surface area (Å²) >= 11 is 0. The van der Waals surface area contributed by atoms with Crippen molar-refractivity contribution in [3.05, 3.63) is 0 Å². The van der Waals surface area contributed by atoms with Gasteiger partial charge in [0, 0.05) is 12.8 Å². The fourth-order valence-corrected chi connectivity index (χ4v) is 7.66. The van der Waals surface area contributed by atoms with Gasteiger partial charge < -0.3 is 8.85 Å². The van der Waals surface area contributed by atoms with Crippen LogP contribution in [0, 0.1) is 11.8 Å². The Bertz CT molecular complexity index is 586. The lowest BCUT2D eigenvalue weighted by Crippen LogP contribution is -2.58. The van der Waals surface area contributed by atoms with Gasteiger partial charge in [-0.05, 0) is 60.9 Å². The van der Waals surface area contributed by atoms with Crippen LogP contribution >= 0.6 is 0 Å². The van der Waals surface area contributed by atoms with Crippen LogP contribution in [0.4, 0.5) is 0 Å². The molecule has 2 aliphatic rings. The first-order valence-electron chi connectivity index (χ1n) is 11.4. The molecule has 5 heteroatoms. The van der Waals surface area contributed by atoms with Crippen LogP contribution in [0.3, 0.4) is 0 Å². The van der Waals surface area contributed by atoms with E-state index in [1.54, 1.807) is 0 Å². The Kier molecular flexibility index (Phi) is 6.61. The third-order valence-corrected chi connectivity index (χ3v) is 17.2. The summed E-state index contributed by atoms with van der Waals surface area (Å²) in [4.78, 5) is 12.3. The molecule has 3 nitrogen and oxygen atoms in total. The van der Waals surface area contributed by atoms with E-state index >= 15 is 0 Å². The zero-order valence-corrected chi connectivity index (χ0v) is 22.5. The lowest BCUT2D eigenvalue weighted by Gasteiger charge is -2.50. The highest BCUT2D eigenvalue weighted by atomic mass is 28.4. The van der Waals surface area contributed by atoms with Gasteiger partial charge in [-0.15, -0.1) is 0 Å². The molecule has 0 spiro atoms. The molecule has 2 saturated carbocycles. The van der Waals surface area contributed by atoms with Gasteiger partial charge in [-0.2, -0.15) is 0 Å². The van der Waals surface area contributed by atoms with Crippen molar-refractivity contribution in [1.82, 2.24) is 0 Å². The van der Waals surface area contributed by atoms with Crippen molar-refractivity contribution in [3.63, 3.8) is 0 Å². The maximum atomic E-state index is 12.3. The molecule has 0 aliphatic heterocycles. The SMILES string of the molecule is CCC[C@]1(O[Si](C)(C)C(C)(C)C)C[C@@H]2CC(=O)C[C@@H]2[C@H]1O[Si](C)(C)C(C)(C)C. The minimum atomic E-state index is -1.97. The quantitative estimate of drug-likeness (QED) is 0.432. The average molecular weight is 427 g/mol. The highest BCUT2D eigenvalue weighted by molar-refractivity contribution is 6.74. The van der Waals surface area contributed by atoms with Gasteiger partial charge in [0.25, 0.3) is 0 Å². The van der Waals surface area contributed by atoms with Crippen molar-refractivity contribution in [3.8, 4) is 0 Å². The fourth-order valence-electron chi connectivity index (χ4n) is 4.65. The minimum absolute atomic E-state index is 0.0684. The van der Waals surface area contributed by atoms with Crippen molar-refractivity contribution in [2.24, 2.45) is 11.8 Å². The number of hydrogen-bond acceptors (Lipinski definition) is 3. The molecule has 2 aliphatic carbocycles. The summed E-state index contributed by atoms with van der Waals surface area (Å²) in [7, 11) is -3.92. The predicted octanol–water partition coefficient (Wildman–Crippen LogP) is 6.94. The van der Waals surface area contributed by atoms with Crippen molar-refractivity contribution < 1.29 is 13.6 Å². The number of Topliss-reactive ketones (excluding diaryl/α,β-unsaturated/α-hetero) is 1. The zero-order valence-electron chi connectivity index (χ0n) is 20.5. The van der Waals surface area contributed by atoms with E-state index in [1.165, 1.54) is 0 Å². The Morgan fingerprint density at radius 1 is 0.964 bits per heavy atom. The van der Waals surface area contributed by atoms with E-state index in [4.69, 9.17) is 8.85 Å². The highest BCUT2D eigenvalue weighted by Gasteiger charge is 2.61. The summed E-state index contributed by atoms with van der Waals surface area (Å²) in [5, 5.41) is 0.325. The molecule has 0 N–H and O–H groups in total. The van der Waals surface area contributed by atoms with E-state index < -0.39 is 16.6 Å². The van der Waals surface area contributed by atoms with Crippen LogP contribution in [0.1, 0.15) is 80.6 Å². The van der Waals surface area contributed by atoms with Gasteiger partial charge in [0.05, 0.1) is 11.7 Å². The topological polar surface area (TPSA) is 35.5 Å². The maximum Gasteiger partial charge on any atom is 0.192 e. The molecule has 28 heavy (non-hydrogen) atoms. The largest absolute Gasteiger partial charge is 0.411 e. The van der Waals surface area contributed by atoms with Gasteiger partial charge in [-0.3, -0.25) is 4.79 Å². The lowest BCUT2D eigenvalue weighted by atomic mass is 9.90. The second kappa shape index (κ2) is 7.62. The Labute approximate surface area is 176 Å². The first-order valence-corrected chi connectivity index (χ1v) is 17.2. The maximum absolute atomic E-state index is 12.3. The molecule has 0 heterocycles. The molecular weight excluding hydrogens is 380 g/mol. The summed E-state index contributed by atoms with van der Waals surface area (Å²) < 4.78 is 14.4. The monoisotopic (exact) mass is 426 g/mol. The first kappa shape index (κ1) is 24.3. The van der Waals surface area contributed by atoms with Crippen molar-refractivity contribution in [2.45, 2.75) is 129 Å². The Morgan fingerprint density at radius 2 is 1.50 bits per heavy atom. The Hall–Kier alpha value is 0.0238. The van der Waals surface area contributed by atoms with Gasteiger partial charge in [-0.1, -0.05) is 54.9 Å². The Morgan fingerprint density at radius 3 is 1.96 bits per heavy atom. The average Bonchev–Trinajstić information content (AvgIpc) is 2.92. The van der Waals surface area contributed by atoms with Crippen LogP contribution in [-0.4, -0.2) is 34.1 Å². The summed E-state index contributed by atoms with van der Waals surface area (Å²) in [6.07, 6.45) is 4.63. The van der Waals surface area contributed by atoms with Crippen LogP contribution in [-0.2, 0) is 13.6 Å². The van der Waals surface area contributed by atoms with Crippen molar-refractivity contribution in [2.75, 3.05) is 0 Å². The zero-order chi connectivity index (χ0) is 21.8. The molecule has 0 bridgehead atoms. The molecular formula is C23H46O3Si2. The third kappa shape index (κ3) is 4.52. The smallest absolute Gasteiger partial charge is 0.192 e. The summed E-state index contributed by atoms with van der Waals surface area (Å²) in [5.74, 6) is 1.22. The second-order valence-corrected chi connectivity index (χ2v) is 22.0. The van der Waals surface area contributed by atoms with Crippen LogP contribution in [0.2, 0.25) is 36.3 Å². The highest BCUT2D eigenvalue weighted by Crippen LogP contribution is 2.56. The normalized spacial score (nSPS) is 32.1. The number of rotatable bonds is 6. The van der Waals surface area contributed by atoms with E-state index in [0.29, 0.717) is 24.0 Å². The van der Waals surface area contributed by atoms with E-state index in [9.17, 15) is 4.79 Å². The van der Waals surface area contributed by atoms with Crippen molar-refractivity contribution >= 4 is 22.4 Å². The van der Waals surface area contributed by atoms with Crippen LogP contribution in [0.15, 0.2) is 0 Å². The molecule has 0 amide bonds. The number of ketones is 1. The molecule has 4 atom stereocenters. The molecule has 0 aromatic carbocycles. The summed E-state index contributed by atoms with van der Waals surface area (Å²) in [6, 6.07) is 0. The van der Waals surface area contributed by atoms with E-state index in [1.807, 2.05) is 0 Å². The second-order valence-electron chi connectivity index (χ2n) is 12.6. The summed E-state index contributed by atoms with van der Waals surface area (Å²) in [5.41, 5.74) is -0.219. The van der Waals surface area contributed by atoms with E-state index in [0.717, 1.165) is 25.7 Å². The molecule has 0 aromatic rings. The van der Waals surface area contributed by atoms with E-state index in [2.05, 4.69) is 74.7 Å².